The van der Waals surface area contributed by atoms with Gasteiger partial charge in [0.25, 0.3) is 0 Å². The monoisotopic (exact) mass is 264 g/mol. The highest BCUT2D eigenvalue weighted by Crippen LogP contribution is 2.32. The summed E-state index contributed by atoms with van der Waals surface area (Å²) >= 11 is 0. The van der Waals surface area contributed by atoms with Crippen LogP contribution in [0.1, 0.15) is 26.2 Å². The van der Waals surface area contributed by atoms with Gasteiger partial charge in [-0.15, -0.1) is 0 Å². The second kappa shape index (κ2) is 6.66. The lowest BCUT2D eigenvalue weighted by Gasteiger charge is -2.19. The van der Waals surface area contributed by atoms with Crippen LogP contribution in [-0.4, -0.2) is 24.9 Å². The van der Waals surface area contributed by atoms with Gasteiger partial charge >= 0.3 is 0 Å². The fraction of sp³-hybridized carbons (Fsp3) is 0.600. The molecule has 2 atom stereocenters. The fourth-order valence-electron chi connectivity index (χ4n) is 2.80. The molecule has 19 heavy (non-hydrogen) atoms. The summed E-state index contributed by atoms with van der Waals surface area (Å²) in [6.07, 6.45) is 3.57. The van der Waals surface area contributed by atoms with Crippen molar-refractivity contribution in [3.8, 4) is 5.75 Å². The van der Waals surface area contributed by atoms with Gasteiger partial charge in [-0.2, -0.15) is 0 Å². The predicted octanol–water partition coefficient (Wildman–Crippen LogP) is 2.49. The summed E-state index contributed by atoms with van der Waals surface area (Å²) in [7, 11) is 0. The van der Waals surface area contributed by atoms with E-state index in [4.69, 9.17) is 10.5 Å². The molecule has 0 saturated heterocycles. The Morgan fingerprint density at radius 2 is 2.16 bits per heavy atom. The van der Waals surface area contributed by atoms with Gasteiger partial charge in [0.05, 0.1) is 12.3 Å². The molecule has 2 rings (SSSR count). The highest BCUT2D eigenvalue weighted by molar-refractivity contribution is 5.61. The second-order valence-electron chi connectivity index (χ2n) is 5.20. The first-order valence-electron chi connectivity index (χ1n) is 7.11. The number of nitrogen functional groups attached to an aromatic ring is 1. The van der Waals surface area contributed by atoms with E-state index in [1.54, 1.807) is 0 Å². The summed E-state index contributed by atoms with van der Waals surface area (Å²) in [5, 5.41) is 12.8. The van der Waals surface area contributed by atoms with Crippen LogP contribution in [0.2, 0.25) is 0 Å². The molecule has 1 aliphatic rings. The van der Waals surface area contributed by atoms with Crippen molar-refractivity contribution in [1.82, 2.24) is 0 Å². The smallest absolute Gasteiger partial charge is 0.144 e. The summed E-state index contributed by atoms with van der Waals surface area (Å²) in [6.45, 7) is 3.77. The molecule has 106 valence electrons. The number of aliphatic hydroxyl groups excluding tert-OH is 1. The second-order valence-corrected chi connectivity index (χ2v) is 5.20. The molecule has 4 N–H and O–H groups in total. The molecule has 1 fully saturated rings. The molecule has 1 aromatic rings. The van der Waals surface area contributed by atoms with Crippen molar-refractivity contribution in [1.29, 1.82) is 0 Å². The van der Waals surface area contributed by atoms with Crippen LogP contribution in [0.3, 0.4) is 0 Å². The molecule has 0 bridgehead atoms. The molecular formula is C15H24N2O2. The molecule has 1 aliphatic carbocycles. The van der Waals surface area contributed by atoms with Crippen LogP contribution >= 0.6 is 0 Å². The van der Waals surface area contributed by atoms with E-state index in [0.29, 0.717) is 30.7 Å². The van der Waals surface area contributed by atoms with Crippen LogP contribution in [0.4, 0.5) is 11.4 Å². The average molecular weight is 264 g/mol. The number of nitrogens with two attached hydrogens (primary N) is 1. The van der Waals surface area contributed by atoms with Crippen LogP contribution in [-0.2, 0) is 0 Å². The first-order valence-corrected chi connectivity index (χ1v) is 7.11. The summed E-state index contributed by atoms with van der Waals surface area (Å²) in [6, 6.07) is 5.79. The maximum Gasteiger partial charge on any atom is 0.144 e. The molecule has 0 aliphatic heterocycles. The lowest BCUT2D eigenvalue weighted by atomic mass is 9.97. The number of aliphatic hydroxyl groups is 1. The van der Waals surface area contributed by atoms with E-state index in [0.717, 1.165) is 24.4 Å². The third-order valence-corrected chi connectivity index (χ3v) is 3.93. The molecule has 0 radical (unpaired) electrons. The van der Waals surface area contributed by atoms with Crippen molar-refractivity contribution in [3.63, 3.8) is 0 Å². The van der Waals surface area contributed by atoms with Crippen molar-refractivity contribution in [2.24, 2.45) is 11.8 Å². The van der Waals surface area contributed by atoms with Gasteiger partial charge in [-0.25, -0.2) is 0 Å². The Morgan fingerprint density at radius 1 is 1.37 bits per heavy atom. The molecule has 0 heterocycles. The minimum Gasteiger partial charge on any atom is -0.492 e. The van der Waals surface area contributed by atoms with Gasteiger partial charge in [0.2, 0.25) is 0 Å². The number of anilines is 2. The zero-order chi connectivity index (χ0) is 13.7. The van der Waals surface area contributed by atoms with Crippen molar-refractivity contribution < 1.29 is 9.84 Å². The zero-order valence-corrected chi connectivity index (χ0v) is 11.6. The molecular weight excluding hydrogens is 240 g/mol. The van der Waals surface area contributed by atoms with Gasteiger partial charge in [0.1, 0.15) is 5.75 Å². The van der Waals surface area contributed by atoms with Gasteiger partial charge in [-0.3, -0.25) is 0 Å². The van der Waals surface area contributed by atoms with Gasteiger partial charge < -0.3 is 20.9 Å². The van der Waals surface area contributed by atoms with Crippen LogP contribution in [0.25, 0.3) is 0 Å². The molecule has 2 unspecified atom stereocenters. The number of benzene rings is 1. The predicted molar refractivity (Wildman–Crippen MR) is 78.4 cm³/mol. The summed E-state index contributed by atoms with van der Waals surface area (Å²) in [4.78, 5) is 0. The van der Waals surface area contributed by atoms with Crippen molar-refractivity contribution in [3.05, 3.63) is 18.2 Å². The van der Waals surface area contributed by atoms with Gasteiger partial charge in [0.15, 0.2) is 0 Å². The SMILES string of the molecule is CCOc1cc(NCC2CCCC2CO)ccc1N. The summed E-state index contributed by atoms with van der Waals surface area (Å²) < 4.78 is 5.49. The van der Waals surface area contributed by atoms with Crippen LogP contribution in [0, 0.1) is 11.8 Å². The quantitative estimate of drug-likeness (QED) is 0.691. The lowest BCUT2D eigenvalue weighted by Crippen LogP contribution is -2.20. The Kier molecular flexibility index (Phi) is 4.91. The molecule has 4 heteroatoms. The normalized spacial score (nSPS) is 22.4. The van der Waals surface area contributed by atoms with Crippen molar-refractivity contribution >= 4 is 11.4 Å². The molecule has 0 spiro atoms. The van der Waals surface area contributed by atoms with E-state index in [1.807, 2.05) is 25.1 Å². The number of ether oxygens (including phenoxy) is 1. The van der Waals surface area contributed by atoms with Crippen LogP contribution < -0.4 is 15.8 Å². The van der Waals surface area contributed by atoms with E-state index in [1.165, 1.54) is 12.8 Å². The highest BCUT2D eigenvalue weighted by atomic mass is 16.5. The molecule has 1 saturated carbocycles. The molecule has 0 aromatic heterocycles. The first-order chi connectivity index (χ1) is 9.24. The Hall–Kier alpha value is -1.42. The summed E-state index contributed by atoms with van der Waals surface area (Å²) in [5.41, 5.74) is 7.55. The van der Waals surface area contributed by atoms with E-state index in [9.17, 15) is 5.11 Å². The minimum absolute atomic E-state index is 0.304. The number of hydrogen-bond donors (Lipinski definition) is 3. The van der Waals surface area contributed by atoms with Crippen LogP contribution in [0.15, 0.2) is 18.2 Å². The van der Waals surface area contributed by atoms with Gasteiger partial charge in [0, 0.05) is 24.9 Å². The Labute approximate surface area is 115 Å². The number of hydrogen-bond acceptors (Lipinski definition) is 4. The summed E-state index contributed by atoms with van der Waals surface area (Å²) in [5.74, 6) is 1.75. The minimum atomic E-state index is 0.304. The lowest BCUT2D eigenvalue weighted by molar-refractivity contribution is 0.199. The number of rotatable bonds is 6. The molecule has 0 amide bonds. The van der Waals surface area contributed by atoms with E-state index < -0.39 is 0 Å². The maximum absolute atomic E-state index is 9.32. The molecule has 1 aromatic carbocycles. The molecule has 4 nitrogen and oxygen atoms in total. The van der Waals surface area contributed by atoms with Gasteiger partial charge in [-0.05, 0) is 43.7 Å². The fourth-order valence-corrected chi connectivity index (χ4v) is 2.80. The topological polar surface area (TPSA) is 67.5 Å². The van der Waals surface area contributed by atoms with Crippen molar-refractivity contribution in [2.45, 2.75) is 26.2 Å². The van der Waals surface area contributed by atoms with E-state index >= 15 is 0 Å². The third-order valence-electron chi connectivity index (χ3n) is 3.93. The average Bonchev–Trinajstić information content (AvgIpc) is 2.87. The largest absolute Gasteiger partial charge is 0.492 e. The van der Waals surface area contributed by atoms with Crippen molar-refractivity contribution in [2.75, 3.05) is 30.8 Å². The highest BCUT2D eigenvalue weighted by Gasteiger charge is 2.26. The van der Waals surface area contributed by atoms with Crippen LogP contribution in [0.5, 0.6) is 5.75 Å². The van der Waals surface area contributed by atoms with Gasteiger partial charge in [-0.1, -0.05) is 6.42 Å². The Bertz CT molecular complexity index is 409. The standard InChI is InChI=1S/C15H24N2O2/c1-2-19-15-8-13(6-7-14(15)16)17-9-11-4-3-5-12(11)10-18/h6-8,11-12,17-18H,2-5,9-10,16H2,1H3. The van der Waals surface area contributed by atoms with E-state index in [2.05, 4.69) is 5.32 Å². The Balaban J connectivity index is 1.93. The first kappa shape index (κ1) is 14.0. The zero-order valence-electron chi connectivity index (χ0n) is 11.6. The maximum atomic E-state index is 9.32. The number of nitrogens with one attached hydrogen (secondary N) is 1. The third kappa shape index (κ3) is 3.53. The Morgan fingerprint density at radius 3 is 2.89 bits per heavy atom. The van der Waals surface area contributed by atoms with E-state index in [-0.39, 0.29) is 0 Å².